The Balaban J connectivity index is 1.62. The lowest BCUT2D eigenvalue weighted by Gasteiger charge is -2.20. The average molecular weight is 436 g/mol. The molecule has 162 valence electrons. The smallest absolute Gasteiger partial charge is 0.123 e. The summed E-state index contributed by atoms with van der Waals surface area (Å²) < 4.78 is 15.8. The minimum atomic E-state index is -0.260. The summed E-state index contributed by atoms with van der Waals surface area (Å²) in [5.74, 6) is -0.260. The summed E-state index contributed by atoms with van der Waals surface area (Å²) in [5, 5.41) is 4.37. The molecule has 5 nitrogen and oxygen atoms in total. The standard InChI is InChI=1S/C27H22FN5/c1-17-6-9-20(16-29-17)31-23-14-25-27(15-24(23)30-19-10-11-19)33(21-12-7-18(28)8-13-21)26-5-3-2-4-22(26)32-25/h2-9,12-16,19,31H,10-11H2,1H3/b30-24+. The first-order valence-corrected chi connectivity index (χ1v) is 11.1. The van der Waals surface area contributed by atoms with Crippen LogP contribution in [0.2, 0.25) is 0 Å². The van der Waals surface area contributed by atoms with Gasteiger partial charge in [0.1, 0.15) is 5.82 Å². The summed E-state index contributed by atoms with van der Waals surface area (Å²) in [6, 6.07) is 23.0. The number of hydrogen-bond acceptors (Lipinski definition) is 4. The van der Waals surface area contributed by atoms with Gasteiger partial charge in [0, 0.05) is 11.4 Å². The summed E-state index contributed by atoms with van der Waals surface area (Å²) in [4.78, 5) is 14.3. The van der Waals surface area contributed by atoms with Crippen molar-refractivity contribution >= 4 is 22.4 Å². The minimum Gasteiger partial charge on any atom is -0.352 e. The molecule has 0 amide bonds. The highest BCUT2D eigenvalue weighted by molar-refractivity contribution is 5.84. The van der Waals surface area contributed by atoms with Crippen LogP contribution in [-0.4, -0.2) is 20.6 Å². The lowest BCUT2D eigenvalue weighted by Crippen LogP contribution is -2.15. The molecule has 2 heterocycles. The number of fused-ring (bicyclic) bond motifs is 2. The van der Waals surface area contributed by atoms with Crippen LogP contribution in [0.5, 0.6) is 0 Å². The fraction of sp³-hybridized carbons (Fsp3) is 0.148. The van der Waals surface area contributed by atoms with Gasteiger partial charge in [-0.2, -0.15) is 0 Å². The van der Waals surface area contributed by atoms with E-state index in [0.717, 1.165) is 63.4 Å². The first kappa shape index (κ1) is 19.6. The molecule has 3 aliphatic rings. The molecule has 0 spiro atoms. The first-order chi connectivity index (χ1) is 16.1. The molecule has 3 aromatic rings. The van der Waals surface area contributed by atoms with Crippen LogP contribution in [0.25, 0.3) is 28.1 Å². The maximum atomic E-state index is 13.7. The van der Waals surface area contributed by atoms with Crippen molar-refractivity contribution in [1.29, 1.82) is 0 Å². The van der Waals surface area contributed by atoms with Gasteiger partial charge in [0.2, 0.25) is 0 Å². The van der Waals surface area contributed by atoms with Crippen LogP contribution < -0.4 is 10.7 Å². The van der Waals surface area contributed by atoms with Crippen LogP contribution in [0, 0.1) is 12.7 Å². The SMILES string of the molecule is Cc1ccc(Nc2cc3nc4ccccc4n(-c4ccc(F)cc4)c-3c/c2=N\C2CC2)cn1. The van der Waals surface area contributed by atoms with Crippen molar-refractivity contribution in [3.63, 3.8) is 0 Å². The van der Waals surface area contributed by atoms with Crippen molar-refractivity contribution < 1.29 is 4.39 Å². The Morgan fingerprint density at radius 1 is 1.00 bits per heavy atom. The number of para-hydroxylation sites is 2. The number of aryl methyl sites for hydroxylation is 1. The number of nitrogens with one attached hydrogen (secondary N) is 1. The lowest BCUT2D eigenvalue weighted by atomic mass is 10.1. The maximum absolute atomic E-state index is 13.7. The highest BCUT2D eigenvalue weighted by atomic mass is 19.1. The van der Waals surface area contributed by atoms with Crippen LogP contribution in [-0.2, 0) is 0 Å². The highest BCUT2D eigenvalue weighted by Crippen LogP contribution is 2.31. The normalized spacial score (nSPS) is 14.2. The van der Waals surface area contributed by atoms with Gasteiger partial charge in [-0.05, 0) is 80.4 Å². The fourth-order valence-electron chi connectivity index (χ4n) is 4.01. The molecule has 33 heavy (non-hydrogen) atoms. The van der Waals surface area contributed by atoms with E-state index in [2.05, 4.69) is 20.9 Å². The third-order valence-corrected chi connectivity index (χ3v) is 5.84. The second-order valence-electron chi connectivity index (χ2n) is 8.44. The van der Waals surface area contributed by atoms with Gasteiger partial charge in [0.15, 0.2) is 0 Å². The topological polar surface area (TPSA) is 55.1 Å². The minimum absolute atomic E-state index is 0.260. The first-order valence-electron chi connectivity index (χ1n) is 11.1. The van der Waals surface area contributed by atoms with E-state index in [1.165, 1.54) is 12.1 Å². The van der Waals surface area contributed by atoms with Gasteiger partial charge in [-0.25, -0.2) is 9.37 Å². The Labute approximate surface area is 190 Å². The van der Waals surface area contributed by atoms with Crippen molar-refractivity contribution in [1.82, 2.24) is 14.5 Å². The van der Waals surface area contributed by atoms with Crippen LogP contribution in [0.15, 0.2) is 84.0 Å². The predicted molar refractivity (Wildman–Crippen MR) is 128 cm³/mol. The van der Waals surface area contributed by atoms with E-state index >= 15 is 0 Å². The van der Waals surface area contributed by atoms with E-state index < -0.39 is 0 Å². The van der Waals surface area contributed by atoms with E-state index in [4.69, 9.17) is 9.98 Å². The molecule has 2 aromatic carbocycles. The Morgan fingerprint density at radius 2 is 1.82 bits per heavy atom. The number of rotatable bonds is 4. The number of hydrogen-bond donors (Lipinski definition) is 1. The zero-order valence-corrected chi connectivity index (χ0v) is 18.2. The van der Waals surface area contributed by atoms with Gasteiger partial charge in [0.25, 0.3) is 0 Å². The lowest BCUT2D eigenvalue weighted by molar-refractivity contribution is 0.627. The molecule has 2 aliphatic carbocycles. The van der Waals surface area contributed by atoms with Gasteiger partial charge < -0.3 is 9.88 Å². The van der Waals surface area contributed by atoms with E-state index in [0.29, 0.717) is 6.04 Å². The van der Waals surface area contributed by atoms with E-state index in [1.807, 2.05) is 55.6 Å². The number of benzene rings is 3. The summed E-state index contributed by atoms with van der Waals surface area (Å²) in [7, 11) is 0. The third-order valence-electron chi connectivity index (χ3n) is 5.84. The Morgan fingerprint density at radius 3 is 2.58 bits per heavy atom. The Bertz CT molecular complexity index is 1500. The highest BCUT2D eigenvalue weighted by Gasteiger charge is 2.21. The largest absolute Gasteiger partial charge is 0.352 e. The number of nitrogens with zero attached hydrogens (tertiary/aromatic N) is 4. The van der Waals surface area contributed by atoms with Crippen molar-refractivity contribution in [3.05, 3.63) is 95.9 Å². The zero-order valence-electron chi connectivity index (χ0n) is 18.2. The van der Waals surface area contributed by atoms with Gasteiger partial charge >= 0.3 is 0 Å². The molecule has 1 fully saturated rings. The molecule has 0 bridgehead atoms. The molecule has 0 radical (unpaired) electrons. The van der Waals surface area contributed by atoms with Crippen LogP contribution in [0.4, 0.5) is 15.8 Å². The molecule has 0 unspecified atom stereocenters. The summed E-state index contributed by atoms with van der Waals surface area (Å²) >= 11 is 0. The summed E-state index contributed by atoms with van der Waals surface area (Å²) in [5.41, 5.74) is 7.22. The van der Waals surface area contributed by atoms with Crippen molar-refractivity contribution in [2.45, 2.75) is 25.8 Å². The molecule has 6 heteroatoms. The average Bonchev–Trinajstić information content (AvgIpc) is 3.64. The van der Waals surface area contributed by atoms with E-state index in [1.54, 1.807) is 12.1 Å². The van der Waals surface area contributed by atoms with Gasteiger partial charge in [-0.15, -0.1) is 0 Å². The second kappa shape index (κ2) is 7.81. The zero-order chi connectivity index (χ0) is 22.4. The number of aromatic nitrogens is 3. The van der Waals surface area contributed by atoms with Crippen LogP contribution in [0.1, 0.15) is 18.5 Å². The molecule has 6 rings (SSSR count). The van der Waals surface area contributed by atoms with E-state index in [9.17, 15) is 4.39 Å². The molecule has 1 aromatic heterocycles. The van der Waals surface area contributed by atoms with Crippen molar-refractivity contribution in [2.24, 2.45) is 4.99 Å². The van der Waals surface area contributed by atoms with Crippen molar-refractivity contribution in [3.8, 4) is 17.1 Å². The van der Waals surface area contributed by atoms with Crippen LogP contribution >= 0.6 is 0 Å². The maximum Gasteiger partial charge on any atom is 0.123 e. The van der Waals surface area contributed by atoms with E-state index in [-0.39, 0.29) is 5.82 Å². The van der Waals surface area contributed by atoms with Gasteiger partial charge in [-0.3, -0.25) is 9.98 Å². The monoisotopic (exact) mass is 435 g/mol. The fourth-order valence-corrected chi connectivity index (χ4v) is 4.01. The molecule has 0 atom stereocenters. The second-order valence-corrected chi connectivity index (χ2v) is 8.44. The molecule has 1 aliphatic heterocycles. The molecular formula is C27H22FN5. The molecule has 1 saturated carbocycles. The van der Waals surface area contributed by atoms with Gasteiger partial charge in [-0.1, -0.05) is 12.1 Å². The van der Waals surface area contributed by atoms with Crippen LogP contribution in [0.3, 0.4) is 0 Å². The quantitative estimate of drug-likeness (QED) is 0.364. The predicted octanol–water partition coefficient (Wildman–Crippen LogP) is 5.78. The summed E-state index contributed by atoms with van der Waals surface area (Å²) in [6.07, 6.45) is 4.04. The third kappa shape index (κ3) is 3.84. The molecule has 1 N–H and O–H groups in total. The number of halogens is 1. The van der Waals surface area contributed by atoms with Gasteiger partial charge in [0.05, 0.1) is 51.4 Å². The molecule has 0 saturated heterocycles. The number of anilines is 2. The Hall–Kier alpha value is -4.06. The van der Waals surface area contributed by atoms with Crippen molar-refractivity contribution in [2.75, 3.05) is 5.32 Å². The summed E-state index contributed by atoms with van der Waals surface area (Å²) in [6.45, 7) is 1.97. The Kier molecular flexibility index (Phi) is 4.64. The number of pyridine rings is 1. The molecular weight excluding hydrogens is 413 g/mol.